The number of aryl methyl sites for hydroxylation is 1. The van der Waals surface area contributed by atoms with Crippen molar-refractivity contribution < 1.29 is 0 Å². The minimum absolute atomic E-state index is 0.375. The highest BCUT2D eigenvalue weighted by Gasteiger charge is 2.17. The molecular formula is C15H19N3. The second-order valence-corrected chi connectivity index (χ2v) is 5.15. The molecule has 1 aromatic carbocycles. The summed E-state index contributed by atoms with van der Waals surface area (Å²) < 4.78 is 0. The highest BCUT2D eigenvalue weighted by molar-refractivity contribution is 5.94. The van der Waals surface area contributed by atoms with Gasteiger partial charge in [-0.15, -0.1) is 0 Å². The maximum Gasteiger partial charge on any atom is 0.0447 e. The zero-order valence-electron chi connectivity index (χ0n) is 10.8. The van der Waals surface area contributed by atoms with E-state index in [1.54, 1.807) is 0 Å². The largest absolute Gasteiger partial charge is 0.371 e. The Morgan fingerprint density at radius 2 is 2.06 bits per heavy atom. The molecule has 0 aliphatic carbocycles. The summed E-state index contributed by atoms with van der Waals surface area (Å²) in [6, 6.07) is 9.00. The van der Waals surface area contributed by atoms with Gasteiger partial charge in [0.25, 0.3) is 0 Å². The summed E-state index contributed by atoms with van der Waals surface area (Å²) in [6.45, 7) is 4.16. The zero-order chi connectivity index (χ0) is 12.5. The number of piperidine rings is 1. The third kappa shape index (κ3) is 2.06. The highest BCUT2D eigenvalue weighted by atomic mass is 15.1. The SMILES string of the molecule is Cc1cc2c(N3CCC(N)CC3)cccc2cn1. The number of hydrogen-bond acceptors (Lipinski definition) is 3. The Morgan fingerprint density at radius 1 is 1.28 bits per heavy atom. The van der Waals surface area contributed by atoms with Crippen LogP contribution < -0.4 is 10.6 Å². The molecule has 1 saturated heterocycles. The molecule has 3 nitrogen and oxygen atoms in total. The van der Waals surface area contributed by atoms with Crippen LogP contribution in [0.15, 0.2) is 30.5 Å². The second-order valence-electron chi connectivity index (χ2n) is 5.15. The number of rotatable bonds is 1. The van der Waals surface area contributed by atoms with Crippen molar-refractivity contribution in [2.24, 2.45) is 5.73 Å². The van der Waals surface area contributed by atoms with Gasteiger partial charge >= 0.3 is 0 Å². The van der Waals surface area contributed by atoms with E-state index in [9.17, 15) is 0 Å². The number of anilines is 1. The van der Waals surface area contributed by atoms with E-state index in [0.29, 0.717) is 6.04 Å². The molecule has 1 aliphatic rings. The van der Waals surface area contributed by atoms with Crippen molar-refractivity contribution in [1.82, 2.24) is 4.98 Å². The Bertz CT molecular complexity index is 557. The molecule has 0 radical (unpaired) electrons. The first-order valence-corrected chi connectivity index (χ1v) is 6.60. The van der Waals surface area contributed by atoms with Crippen LogP contribution in [-0.4, -0.2) is 24.1 Å². The number of nitrogens with two attached hydrogens (primary N) is 1. The first kappa shape index (κ1) is 11.5. The van der Waals surface area contributed by atoms with Gasteiger partial charge in [0.05, 0.1) is 0 Å². The number of fused-ring (bicyclic) bond motifs is 1. The Balaban J connectivity index is 2.03. The van der Waals surface area contributed by atoms with Crippen molar-refractivity contribution in [1.29, 1.82) is 0 Å². The normalized spacial score (nSPS) is 17.3. The first-order valence-electron chi connectivity index (χ1n) is 6.60. The van der Waals surface area contributed by atoms with Crippen LogP contribution in [0.4, 0.5) is 5.69 Å². The monoisotopic (exact) mass is 241 g/mol. The third-order valence-electron chi connectivity index (χ3n) is 3.76. The van der Waals surface area contributed by atoms with Crippen LogP contribution in [0.25, 0.3) is 10.8 Å². The van der Waals surface area contributed by atoms with Crippen LogP contribution in [0, 0.1) is 6.92 Å². The molecule has 0 amide bonds. The van der Waals surface area contributed by atoms with E-state index in [0.717, 1.165) is 31.6 Å². The highest BCUT2D eigenvalue weighted by Crippen LogP contribution is 2.28. The maximum atomic E-state index is 5.98. The smallest absolute Gasteiger partial charge is 0.0447 e. The van der Waals surface area contributed by atoms with Crippen molar-refractivity contribution in [3.8, 4) is 0 Å². The molecule has 2 N–H and O–H groups in total. The lowest BCUT2D eigenvalue weighted by atomic mass is 10.0. The quantitative estimate of drug-likeness (QED) is 0.834. The number of hydrogen-bond donors (Lipinski definition) is 1. The van der Waals surface area contributed by atoms with Crippen LogP contribution >= 0.6 is 0 Å². The van der Waals surface area contributed by atoms with Crippen molar-refractivity contribution in [3.63, 3.8) is 0 Å². The molecule has 0 unspecified atom stereocenters. The van der Waals surface area contributed by atoms with Crippen LogP contribution in [-0.2, 0) is 0 Å². The van der Waals surface area contributed by atoms with Gasteiger partial charge in [-0.2, -0.15) is 0 Å². The van der Waals surface area contributed by atoms with Gasteiger partial charge in [0.1, 0.15) is 0 Å². The number of nitrogens with zero attached hydrogens (tertiary/aromatic N) is 2. The summed E-state index contributed by atoms with van der Waals surface area (Å²) in [5.41, 5.74) is 8.37. The van der Waals surface area contributed by atoms with Gasteiger partial charge in [-0.3, -0.25) is 4.98 Å². The lowest BCUT2D eigenvalue weighted by molar-refractivity contribution is 0.502. The van der Waals surface area contributed by atoms with E-state index in [2.05, 4.69) is 34.1 Å². The third-order valence-corrected chi connectivity index (χ3v) is 3.76. The zero-order valence-corrected chi connectivity index (χ0v) is 10.8. The molecule has 1 aromatic heterocycles. The molecule has 0 spiro atoms. The van der Waals surface area contributed by atoms with Crippen LogP contribution in [0.2, 0.25) is 0 Å². The summed E-state index contributed by atoms with van der Waals surface area (Å²) in [5, 5.41) is 2.52. The van der Waals surface area contributed by atoms with Crippen LogP contribution in [0.1, 0.15) is 18.5 Å². The molecule has 94 valence electrons. The average Bonchev–Trinajstić information content (AvgIpc) is 2.39. The van der Waals surface area contributed by atoms with Gasteiger partial charge in [-0.25, -0.2) is 0 Å². The predicted molar refractivity (Wildman–Crippen MR) is 75.9 cm³/mol. The molecule has 1 fully saturated rings. The predicted octanol–water partition coefficient (Wildman–Crippen LogP) is 2.47. The lowest BCUT2D eigenvalue weighted by Gasteiger charge is -2.32. The Kier molecular flexibility index (Phi) is 2.92. The van der Waals surface area contributed by atoms with Crippen molar-refractivity contribution in [2.75, 3.05) is 18.0 Å². The Labute approximate surface area is 108 Å². The average molecular weight is 241 g/mol. The Morgan fingerprint density at radius 3 is 2.83 bits per heavy atom. The summed E-state index contributed by atoms with van der Waals surface area (Å²) >= 11 is 0. The van der Waals surface area contributed by atoms with Gasteiger partial charge in [0.2, 0.25) is 0 Å². The molecule has 3 heteroatoms. The van der Waals surface area contributed by atoms with E-state index in [1.165, 1.54) is 16.5 Å². The van der Waals surface area contributed by atoms with Crippen molar-refractivity contribution >= 4 is 16.5 Å². The van der Waals surface area contributed by atoms with Gasteiger partial charge in [-0.1, -0.05) is 12.1 Å². The van der Waals surface area contributed by atoms with E-state index in [-0.39, 0.29) is 0 Å². The molecule has 18 heavy (non-hydrogen) atoms. The molecule has 3 rings (SSSR count). The van der Waals surface area contributed by atoms with E-state index in [1.807, 2.05) is 13.1 Å². The van der Waals surface area contributed by atoms with Crippen LogP contribution in [0.3, 0.4) is 0 Å². The molecule has 1 aliphatic heterocycles. The summed E-state index contributed by atoms with van der Waals surface area (Å²) in [7, 11) is 0. The first-order chi connectivity index (χ1) is 8.74. The molecule has 0 bridgehead atoms. The van der Waals surface area contributed by atoms with Gasteiger partial charge < -0.3 is 10.6 Å². The second kappa shape index (κ2) is 4.58. The number of benzene rings is 1. The molecule has 2 heterocycles. The van der Waals surface area contributed by atoms with E-state index >= 15 is 0 Å². The fourth-order valence-electron chi connectivity index (χ4n) is 2.67. The lowest BCUT2D eigenvalue weighted by Crippen LogP contribution is -2.39. The number of pyridine rings is 1. The van der Waals surface area contributed by atoms with E-state index in [4.69, 9.17) is 5.73 Å². The topological polar surface area (TPSA) is 42.1 Å². The Hall–Kier alpha value is -1.61. The van der Waals surface area contributed by atoms with Crippen molar-refractivity contribution in [2.45, 2.75) is 25.8 Å². The van der Waals surface area contributed by atoms with E-state index < -0.39 is 0 Å². The summed E-state index contributed by atoms with van der Waals surface area (Å²) in [4.78, 5) is 6.82. The number of aromatic nitrogens is 1. The summed E-state index contributed by atoms with van der Waals surface area (Å²) in [5.74, 6) is 0. The molecule has 0 saturated carbocycles. The van der Waals surface area contributed by atoms with Gasteiger partial charge in [-0.05, 0) is 31.9 Å². The van der Waals surface area contributed by atoms with Crippen LogP contribution in [0.5, 0.6) is 0 Å². The molecule has 2 aromatic rings. The molecular weight excluding hydrogens is 222 g/mol. The minimum atomic E-state index is 0.375. The van der Waals surface area contributed by atoms with Gasteiger partial charge in [0, 0.05) is 47.5 Å². The fraction of sp³-hybridized carbons (Fsp3) is 0.400. The minimum Gasteiger partial charge on any atom is -0.371 e. The molecule has 0 atom stereocenters. The van der Waals surface area contributed by atoms with Gasteiger partial charge in [0.15, 0.2) is 0 Å². The fourth-order valence-corrected chi connectivity index (χ4v) is 2.67. The standard InChI is InChI=1S/C15H19N3/c1-11-9-14-12(10-17-11)3-2-4-15(14)18-7-5-13(16)6-8-18/h2-4,9-10,13H,5-8,16H2,1H3. The maximum absolute atomic E-state index is 5.98. The summed E-state index contributed by atoms with van der Waals surface area (Å²) in [6.07, 6.45) is 4.13. The van der Waals surface area contributed by atoms with Crippen molar-refractivity contribution in [3.05, 3.63) is 36.2 Å².